The van der Waals surface area contributed by atoms with E-state index in [1.807, 2.05) is 0 Å². The Kier molecular flexibility index (Phi) is 6.60. The number of carbonyl (C=O) groups excluding carboxylic acids is 2. The van der Waals surface area contributed by atoms with Gasteiger partial charge in [0, 0.05) is 12.6 Å². The summed E-state index contributed by atoms with van der Waals surface area (Å²) in [6.07, 6.45) is 2.58. The number of anilines is 1. The molecule has 1 aromatic heterocycles. The van der Waals surface area contributed by atoms with Crippen LogP contribution >= 0.6 is 0 Å². The van der Waals surface area contributed by atoms with Crippen molar-refractivity contribution in [3.63, 3.8) is 0 Å². The first-order valence-electron chi connectivity index (χ1n) is 8.47. The Labute approximate surface area is 164 Å². The maximum Gasteiger partial charge on any atom is 0.337 e. The highest BCUT2D eigenvalue weighted by Crippen LogP contribution is 2.15. The maximum absolute atomic E-state index is 14.3. The predicted molar refractivity (Wildman–Crippen MR) is 105 cm³/mol. The van der Waals surface area contributed by atoms with Crippen molar-refractivity contribution in [2.45, 2.75) is 26.6 Å². The van der Waals surface area contributed by atoms with Crippen molar-refractivity contribution in [3.05, 3.63) is 86.3 Å². The van der Waals surface area contributed by atoms with E-state index in [1.54, 1.807) is 0 Å². The molecular formula is C19H19FN4O5. The van der Waals surface area contributed by atoms with Gasteiger partial charge >= 0.3 is 17.1 Å². The van der Waals surface area contributed by atoms with Gasteiger partial charge in [-0.1, -0.05) is 12.2 Å². The van der Waals surface area contributed by atoms with Crippen LogP contribution in [-0.4, -0.2) is 25.4 Å². The Bertz CT molecular complexity index is 1120. The predicted octanol–water partition coefficient (Wildman–Crippen LogP) is 0.524. The van der Waals surface area contributed by atoms with Gasteiger partial charge < -0.3 is 5.32 Å². The molecule has 152 valence electrons. The summed E-state index contributed by atoms with van der Waals surface area (Å²) >= 11 is 0. The number of aromatic nitrogens is 3. The fraction of sp³-hybridized carbons (Fsp3) is 0.211. The Balaban J connectivity index is 2.52. The normalized spacial score (nSPS) is 10.4. The van der Waals surface area contributed by atoms with Gasteiger partial charge in [-0.2, -0.15) is 0 Å². The van der Waals surface area contributed by atoms with Crippen LogP contribution in [0.1, 0.15) is 17.3 Å². The van der Waals surface area contributed by atoms with Crippen molar-refractivity contribution in [2.24, 2.45) is 0 Å². The average molecular weight is 402 g/mol. The lowest BCUT2D eigenvalue weighted by atomic mass is 10.1. The lowest BCUT2D eigenvalue weighted by Gasteiger charge is -2.12. The molecule has 0 saturated carbocycles. The smallest absolute Gasteiger partial charge is 0.326 e. The molecule has 0 spiro atoms. The molecule has 0 bridgehead atoms. The molecule has 0 aliphatic rings. The van der Waals surface area contributed by atoms with Gasteiger partial charge in [0.2, 0.25) is 5.91 Å². The van der Waals surface area contributed by atoms with Gasteiger partial charge in [-0.15, -0.1) is 13.2 Å². The van der Waals surface area contributed by atoms with Gasteiger partial charge in [-0.05, 0) is 18.2 Å². The highest BCUT2D eigenvalue weighted by atomic mass is 19.1. The summed E-state index contributed by atoms with van der Waals surface area (Å²) in [5.41, 5.74) is -3.11. The Morgan fingerprint density at radius 3 is 1.97 bits per heavy atom. The Morgan fingerprint density at radius 1 is 1.00 bits per heavy atom. The summed E-state index contributed by atoms with van der Waals surface area (Å²) in [5, 5.41) is 2.37. The van der Waals surface area contributed by atoms with Gasteiger partial charge in [0.15, 0.2) is 5.78 Å². The van der Waals surface area contributed by atoms with E-state index in [4.69, 9.17) is 0 Å². The van der Waals surface area contributed by atoms with Gasteiger partial charge in [0.05, 0.1) is 25.2 Å². The minimum Gasteiger partial charge on any atom is -0.326 e. The summed E-state index contributed by atoms with van der Waals surface area (Å²) < 4.78 is 16.3. The monoisotopic (exact) mass is 402 g/mol. The second kappa shape index (κ2) is 8.91. The second-order valence-electron chi connectivity index (χ2n) is 6.03. The third-order valence-corrected chi connectivity index (χ3v) is 3.90. The zero-order valence-corrected chi connectivity index (χ0v) is 15.7. The largest absolute Gasteiger partial charge is 0.337 e. The van der Waals surface area contributed by atoms with E-state index in [0.29, 0.717) is 4.57 Å². The van der Waals surface area contributed by atoms with E-state index in [1.165, 1.54) is 25.1 Å². The number of amides is 1. The minimum absolute atomic E-state index is 0.150. The van der Waals surface area contributed by atoms with Crippen LogP contribution in [0.15, 0.2) is 57.9 Å². The van der Waals surface area contributed by atoms with E-state index >= 15 is 0 Å². The van der Waals surface area contributed by atoms with Crippen LogP contribution in [-0.2, 0) is 24.4 Å². The Hall–Kier alpha value is -3.82. The molecular weight excluding hydrogens is 383 g/mol. The van der Waals surface area contributed by atoms with E-state index in [-0.39, 0.29) is 24.3 Å². The summed E-state index contributed by atoms with van der Waals surface area (Å²) in [6, 6.07) is 3.40. The van der Waals surface area contributed by atoms with E-state index in [2.05, 4.69) is 18.5 Å². The molecule has 2 rings (SSSR count). The molecule has 1 amide bonds. The summed E-state index contributed by atoms with van der Waals surface area (Å²) in [7, 11) is 0. The number of hydrogen-bond acceptors (Lipinski definition) is 5. The molecule has 29 heavy (non-hydrogen) atoms. The van der Waals surface area contributed by atoms with Crippen LogP contribution < -0.4 is 22.4 Å². The topological polar surface area (TPSA) is 112 Å². The lowest BCUT2D eigenvalue weighted by molar-refractivity contribution is -0.114. The van der Waals surface area contributed by atoms with Crippen LogP contribution in [0.5, 0.6) is 0 Å². The molecule has 10 heteroatoms. The van der Waals surface area contributed by atoms with Crippen LogP contribution in [0, 0.1) is 5.82 Å². The molecule has 0 fully saturated rings. The lowest BCUT2D eigenvalue weighted by Crippen LogP contribution is -2.55. The van der Waals surface area contributed by atoms with Crippen LogP contribution in [0.25, 0.3) is 0 Å². The van der Waals surface area contributed by atoms with Crippen LogP contribution in [0.3, 0.4) is 0 Å². The number of nitrogens with one attached hydrogen (secondary N) is 1. The summed E-state index contributed by atoms with van der Waals surface area (Å²) in [4.78, 5) is 60.9. The zero-order chi connectivity index (χ0) is 21.7. The van der Waals surface area contributed by atoms with Gasteiger partial charge in [0.25, 0.3) is 0 Å². The maximum atomic E-state index is 14.3. The molecule has 1 heterocycles. The number of carbonyl (C=O) groups is 2. The Morgan fingerprint density at radius 2 is 1.52 bits per heavy atom. The molecule has 1 N–H and O–H groups in total. The van der Waals surface area contributed by atoms with Crippen molar-refractivity contribution in [2.75, 3.05) is 5.32 Å². The van der Waals surface area contributed by atoms with Gasteiger partial charge in [0.1, 0.15) is 5.82 Å². The van der Waals surface area contributed by atoms with Crippen molar-refractivity contribution in [1.29, 1.82) is 0 Å². The fourth-order valence-electron chi connectivity index (χ4n) is 2.64. The first kappa shape index (κ1) is 21.5. The van der Waals surface area contributed by atoms with Crippen molar-refractivity contribution in [1.82, 2.24) is 13.7 Å². The van der Waals surface area contributed by atoms with Gasteiger partial charge in [-0.25, -0.2) is 32.5 Å². The fourth-order valence-corrected chi connectivity index (χ4v) is 2.64. The summed E-state index contributed by atoms with van der Waals surface area (Å²) in [6.45, 7) is 7.02. The molecule has 2 aromatic rings. The highest BCUT2D eigenvalue weighted by molar-refractivity contribution is 5.97. The number of halogens is 1. The van der Waals surface area contributed by atoms with Crippen molar-refractivity contribution in [3.8, 4) is 0 Å². The third-order valence-electron chi connectivity index (χ3n) is 3.90. The van der Waals surface area contributed by atoms with Crippen LogP contribution in [0.4, 0.5) is 10.1 Å². The molecule has 0 radical (unpaired) electrons. The molecule has 0 atom stereocenters. The first-order chi connectivity index (χ1) is 13.7. The number of Topliss-reactive ketones (excluding diaryl/α,β-unsaturated/α-hetero) is 1. The standard InChI is InChI=1S/C19H19FN4O5/c1-4-8-22-17(27)23(9-5-2)19(29)24(18(22)28)11-16(26)14-7-6-13(10-15(14)20)21-12(3)25/h4-7,10H,1-2,8-9,11H2,3H3,(H,21,25). The highest BCUT2D eigenvalue weighted by Gasteiger charge is 2.19. The number of rotatable bonds is 8. The van der Waals surface area contributed by atoms with Crippen molar-refractivity contribution >= 4 is 17.4 Å². The van der Waals surface area contributed by atoms with Gasteiger partial charge in [-0.3, -0.25) is 9.59 Å². The molecule has 0 saturated heterocycles. The molecule has 0 aliphatic heterocycles. The number of allylic oxidation sites excluding steroid dienone is 2. The van der Waals surface area contributed by atoms with E-state index in [9.17, 15) is 28.4 Å². The SMILES string of the molecule is C=CCn1c(=O)n(CC=C)c(=O)n(CC(=O)c2ccc(NC(C)=O)cc2F)c1=O. The third kappa shape index (κ3) is 4.54. The second-order valence-corrected chi connectivity index (χ2v) is 6.03. The minimum atomic E-state index is -1.01. The number of benzene rings is 1. The van der Waals surface area contributed by atoms with Crippen LogP contribution in [0.2, 0.25) is 0 Å². The van der Waals surface area contributed by atoms with E-state index in [0.717, 1.165) is 21.3 Å². The average Bonchev–Trinajstić information content (AvgIpc) is 2.65. The van der Waals surface area contributed by atoms with Crippen molar-refractivity contribution < 1.29 is 14.0 Å². The first-order valence-corrected chi connectivity index (χ1v) is 8.47. The molecule has 1 aromatic carbocycles. The number of hydrogen-bond donors (Lipinski definition) is 1. The van der Waals surface area contributed by atoms with E-state index < -0.39 is 41.1 Å². The number of ketones is 1. The number of nitrogens with zero attached hydrogens (tertiary/aromatic N) is 3. The zero-order valence-electron chi connectivity index (χ0n) is 15.7. The molecule has 0 aliphatic carbocycles. The molecule has 0 unspecified atom stereocenters. The summed E-state index contributed by atoms with van der Waals surface area (Å²) in [5.74, 6) is -2.20. The molecule has 9 nitrogen and oxygen atoms in total. The quantitative estimate of drug-likeness (QED) is 0.511.